The minimum atomic E-state index is -4.27. The molecule has 0 amide bonds. The fourth-order valence-corrected chi connectivity index (χ4v) is 6.13. The molecular weight excluding hydrogens is 514 g/mol. The second-order valence-corrected chi connectivity index (χ2v) is 22.5. The Kier molecular flexibility index (Phi) is 23.2. The molecule has 8 heteroatoms. The van der Waals surface area contributed by atoms with E-state index in [2.05, 4.69) is 24.1 Å². The maximum atomic E-state index is 12.0. The summed E-state index contributed by atoms with van der Waals surface area (Å²) in [6, 6.07) is 0. The summed E-state index contributed by atoms with van der Waals surface area (Å²) in [4.78, 5) is 12.0. The minimum absolute atomic E-state index is 0.0308. The van der Waals surface area contributed by atoms with Gasteiger partial charge in [0, 0.05) is 0 Å². The molecule has 2 atom stereocenters. The van der Waals surface area contributed by atoms with Gasteiger partial charge in [0.1, 0.15) is 0 Å². The van der Waals surface area contributed by atoms with E-state index in [9.17, 15) is 9.46 Å². The first-order valence-corrected chi connectivity index (χ1v) is 22.1. The number of phosphoric acid groups is 1. The summed E-state index contributed by atoms with van der Waals surface area (Å²) >= 11 is -1.67. The molecule has 0 aromatic carbocycles. The molecule has 0 aliphatic heterocycles. The predicted molar refractivity (Wildman–Crippen MR) is 144 cm³/mol. The van der Waals surface area contributed by atoms with Crippen molar-refractivity contribution in [1.82, 2.24) is 0 Å². The summed E-state index contributed by atoms with van der Waals surface area (Å²) in [5, 5.41) is 0.817. The van der Waals surface area contributed by atoms with E-state index in [1.807, 2.05) is 0 Å². The van der Waals surface area contributed by atoms with E-state index < -0.39 is 21.4 Å². The molecule has 0 aromatic rings. The summed E-state index contributed by atoms with van der Waals surface area (Å²) in [5.74, 6) is -0.123. The SMILES string of the molecule is CCCCCCCCCCCCCCCCOCC(COC)COP(=O)([O-])OCC[As+](C)(C)C. The van der Waals surface area contributed by atoms with Crippen LogP contribution in [0.25, 0.3) is 0 Å². The van der Waals surface area contributed by atoms with Gasteiger partial charge in [-0.05, 0) is 0 Å². The van der Waals surface area contributed by atoms with Crippen LogP contribution in [0, 0.1) is 5.92 Å². The van der Waals surface area contributed by atoms with Gasteiger partial charge in [0.2, 0.25) is 0 Å². The molecule has 0 saturated heterocycles. The standard InChI is InChI=1S/C26H56AsO6P/c1-6-7-8-9-10-11-12-13-14-15-16-17-18-19-21-31-24-26(23-30-5)25-33-34(28,29)32-22-20-27(2,3)4/h26H,6-25H2,1-5H3. The molecule has 2 unspecified atom stereocenters. The van der Waals surface area contributed by atoms with Crippen LogP contribution in [0.15, 0.2) is 0 Å². The van der Waals surface area contributed by atoms with Crippen molar-refractivity contribution < 1.29 is 28.0 Å². The molecule has 0 bridgehead atoms. The van der Waals surface area contributed by atoms with Crippen LogP contribution in [0.1, 0.15) is 96.8 Å². The van der Waals surface area contributed by atoms with E-state index in [1.54, 1.807) is 7.11 Å². The number of rotatable bonds is 26. The fraction of sp³-hybridized carbons (Fsp3) is 1.00. The van der Waals surface area contributed by atoms with Gasteiger partial charge in [0.05, 0.1) is 0 Å². The third-order valence-electron chi connectivity index (χ3n) is 5.88. The van der Waals surface area contributed by atoms with Crippen molar-refractivity contribution in [2.75, 3.05) is 40.1 Å². The molecular formula is C26H56AsO6P. The zero-order valence-electron chi connectivity index (χ0n) is 23.1. The van der Waals surface area contributed by atoms with Gasteiger partial charge in [0.25, 0.3) is 0 Å². The molecule has 0 heterocycles. The predicted octanol–water partition coefficient (Wildman–Crippen LogP) is 7.59. The van der Waals surface area contributed by atoms with Crippen LogP contribution in [0.4, 0.5) is 0 Å². The van der Waals surface area contributed by atoms with Gasteiger partial charge >= 0.3 is 131 Å². The van der Waals surface area contributed by atoms with Crippen LogP contribution in [0.2, 0.25) is 22.3 Å². The Morgan fingerprint density at radius 3 is 1.68 bits per heavy atom. The van der Waals surface area contributed by atoms with Gasteiger partial charge in [-0.3, -0.25) is 0 Å². The monoisotopic (exact) mass is 570 g/mol. The van der Waals surface area contributed by atoms with Gasteiger partial charge in [-0.2, -0.15) is 0 Å². The van der Waals surface area contributed by atoms with E-state index in [1.165, 1.54) is 83.5 Å². The summed E-state index contributed by atoms with van der Waals surface area (Å²) < 4.78 is 33.0. The van der Waals surface area contributed by atoms with Crippen molar-refractivity contribution in [3.8, 4) is 0 Å². The average molecular weight is 571 g/mol. The van der Waals surface area contributed by atoms with Gasteiger partial charge < -0.3 is 0 Å². The van der Waals surface area contributed by atoms with E-state index in [4.69, 9.17) is 18.5 Å². The topological polar surface area (TPSA) is 77.1 Å². The van der Waals surface area contributed by atoms with Crippen molar-refractivity contribution in [2.24, 2.45) is 5.92 Å². The van der Waals surface area contributed by atoms with E-state index in [-0.39, 0.29) is 19.1 Å². The maximum absolute atomic E-state index is 12.0. The Labute approximate surface area is 214 Å². The normalized spacial score (nSPS) is 14.9. The number of phosphoric ester groups is 1. The average Bonchev–Trinajstić information content (AvgIpc) is 2.76. The number of unbranched alkanes of at least 4 members (excludes halogenated alkanes) is 13. The Hall–Kier alpha value is 0.588. The van der Waals surface area contributed by atoms with E-state index in [0.717, 1.165) is 11.6 Å². The third-order valence-corrected chi connectivity index (χ3v) is 10.0. The van der Waals surface area contributed by atoms with Crippen molar-refractivity contribution >= 4 is 21.4 Å². The second kappa shape index (κ2) is 22.8. The molecule has 0 aliphatic rings. The third kappa shape index (κ3) is 25.7. The fourth-order valence-electron chi connectivity index (χ4n) is 3.69. The van der Waals surface area contributed by atoms with Crippen molar-refractivity contribution in [1.29, 1.82) is 0 Å². The molecule has 0 saturated carbocycles. The van der Waals surface area contributed by atoms with E-state index >= 15 is 0 Å². The van der Waals surface area contributed by atoms with Crippen LogP contribution in [-0.2, 0) is 23.1 Å². The van der Waals surface area contributed by atoms with Gasteiger partial charge in [-0.25, -0.2) is 0 Å². The zero-order chi connectivity index (χ0) is 25.5. The summed E-state index contributed by atoms with van der Waals surface area (Å²) in [6.45, 7) is 4.04. The first-order chi connectivity index (χ1) is 16.2. The molecule has 34 heavy (non-hydrogen) atoms. The molecule has 0 aliphatic carbocycles. The molecule has 0 N–H and O–H groups in total. The Morgan fingerprint density at radius 1 is 0.706 bits per heavy atom. The number of hydrogen-bond donors (Lipinski definition) is 0. The van der Waals surface area contributed by atoms with Crippen LogP contribution in [0.5, 0.6) is 0 Å². The van der Waals surface area contributed by atoms with Crippen molar-refractivity contribution in [2.45, 2.75) is 119 Å². The number of hydrogen-bond acceptors (Lipinski definition) is 6. The molecule has 6 nitrogen and oxygen atoms in total. The summed E-state index contributed by atoms with van der Waals surface area (Å²) in [6.07, 6.45) is 18.7. The van der Waals surface area contributed by atoms with Crippen molar-refractivity contribution in [3.63, 3.8) is 0 Å². The first kappa shape index (κ1) is 34.6. The summed E-state index contributed by atoms with van der Waals surface area (Å²) in [5.41, 5.74) is 6.63. The van der Waals surface area contributed by atoms with Crippen LogP contribution in [0.3, 0.4) is 0 Å². The van der Waals surface area contributed by atoms with Gasteiger partial charge in [-0.1, -0.05) is 84.0 Å². The molecule has 0 spiro atoms. The van der Waals surface area contributed by atoms with E-state index in [0.29, 0.717) is 19.8 Å². The second-order valence-electron chi connectivity index (χ2n) is 10.6. The molecule has 0 radical (unpaired) electrons. The zero-order valence-corrected chi connectivity index (χ0v) is 25.8. The van der Waals surface area contributed by atoms with Gasteiger partial charge in [-0.15, -0.1) is 0 Å². The first-order valence-electron chi connectivity index (χ1n) is 13.7. The van der Waals surface area contributed by atoms with Crippen LogP contribution in [-0.4, -0.2) is 53.7 Å². The Balaban J connectivity index is 3.65. The molecule has 206 valence electrons. The summed E-state index contributed by atoms with van der Waals surface area (Å²) in [7, 11) is -2.67. The van der Waals surface area contributed by atoms with Gasteiger partial charge in [0.15, 0.2) is 0 Å². The molecule has 0 aromatic heterocycles. The van der Waals surface area contributed by atoms with Crippen LogP contribution < -0.4 is 4.89 Å². The Morgan fingerprint density at radius 2 is 1.21 bits per heavy atom. The molecule has 0 rings (SSSR count). The van der Waals surface area contributed by atoms with Crippen molar-refractivity contribution in [3.05, 3.63) is 0 Å². The van der Waals surface area contributed by atoms with Crippen LogP contribution >= 0.6 is 7.82 Å². The number of methoxy groups -OCH3 is 1. The quantitative estimate of drug-likeness (QED) is 0.0606. The Bertz CT molecular complexity index is 486. The number of ether oxygens (including phenoxy) is 2. The molecule has 0 fully saturated rings.